The highest BCUT2D eigenvalue weighted by Gasteiger charge is 2.04. The first kappa shape index (κ1) is 17.2. The average Bonchev–Trinajstić information content (AvgIpc) is 2.54. The molecule has 0 saturated carbocycles. The van der Waals surface area contributed by atoms with E-state index in [1.165, 1.54) is 6.92 Å². The van der Waals surface area contributed by atoms with Crippen molar-refractivity contribution in [1.82, 2.24) is 5.43 Å². The molecule has 0 atom stereocenters. The molecule has 24 heavy (non-hydrogen) atoms. The molecular formula is C18H20N4O2. The molecule has 2 rings (SSSR count). The van der Waals surface area contributed by atoms with Crippen LogP contribution in [0.2, 0.25) is 0 Å². The van der Waals surface area contributed by atoms with Crippen LogP contribution in [-0.4, -0.2) is 17.6 Å². The molecule has 124 valence electrons. The van der Waals surface area contributed by atoms with Gasteiger partial charge in [0.25, 0.3) is 0 Å². The van der Waals surface area contributed by atoms with Gasteiger partial charge in [0.1, 0.15) is 0 Å². The van der Waals surface area contributed by atoms with Gasteiger partial charge in [-0.3, -0.25) is 4.79 Å². The Balaban J connectivity index is 2.02. The van der Waals surface area contributed by atoms with E-state index in [2.05, 4.69) is 21.2 Å². The number of nitrogens with zero attached hydrogens (tertiary/aromatic N) is 1. The third-order valence-corrected chi connectivity index (χ3v) is 3.32. The molecule has 0 saturated heterocycles. The van der Waals surface area contributed by atoms with Crippen LogP contribution in [0.5, 0.6) is 0 Å². The van der Waals surface area contributed by atoms with Crippen LogP contribution < -0.4 is 16.1 Å². The summed E-state index contributed by atoms with van der Waals surface area (Å²) in [7, 11) is 0. The van der Waals surface area contributed by atoms with Gasteiger partial charge in [-0.2, -0.15) is 5.10 Å². The van der Waals surface area contributed by atoms with Crippen molar-refractivity contribution in [3.8, 4) is 0 Å². The molecular weight excluding hydrogens is 304 g/mol. The number of hydrogen-bond acceptors (Lipinski definition) is 3. The smallest absolute Gasteiger partial charge is 0.326 e. The fraction of sp³-hybridized carbons (Fsp3) is 0.167. The molecule has 6 heteroatoms. The van der Waals surface area contributed by atoms with E-state index >= 15 is 0 Å². The second-order valence-corrected chi connectivity index (χ2v) is 5.34. The maximum Gasteiger partial charge on any atom is 0.339 e. The summed E-state index contributed by atoms with van der Waals surface area (Å²) >= 11 is 0. The molecule has 3 amide bonds. The van der Waals surface area contributed by atoms with Crippen molar-refractivity contribution in [3.05, 3.63) is 59.7 Å². The summed E-state index contributed by atoms with van der Waals surface area (Å²) in [6.45, 7) is 5.14. The molecule has 2 aromatic carbocycles. The van der Waals surface area contributed by atoms with Gasteiger partial charge in [0, 0.05) is 18.3 Å². The Kier molecular flexibility index (Phi) is 5.68. The SMILES string of the molecule is CC(=O)Nc1cccc(/C(C)=N/NC(=O)Nc2ccccc2C)c1. The molecule has 2 aromatic rings. The van der Waals surface area contributed by atoms with Gasteiger partial charge in [0.2, 0.25) is 5.91 Å². The maximum absolute atomic E-state index is 11.9. The zero-order valence-corrected chi connectivity index (χ0v) is 13.9. The first-order valence-electron chi connectivity index (χ1n) is 7.50. The minimum absolute atomic E-state index is 0.141. The molecule has 0 fully saturated rings. The summed E-state index contributed by atoms with van der Waals surface area (Å²) < 4.78 is 0. The van der Waals surface area contributed by atoms with E-state index in [-0.39, 0.29) is 5.91 Å². The lowest BCUT2D eigenvalue weighted by molar-refractivity contribution is -0.114. The van der Waals surface area contributed by atoms with Crippen molar-refractivity contribution in [3.63, 3.8) is 0 Å². The number of hydrazone groups is 1. The number of carbonyl (C=O) groups is 2. The highest BCUT2D eigenvalue weighted by Crippen LogP contribution is 2.13. The molecule has 0 spiro atoms. The van der Waals surface area contributed by atoms with Crippen LogP contribution in [0.15, 0.2) is 53.6 Å². The van der Waals surface area contributed by atoms with Gasteiger partial charge >= 0.3 is 6.03 Å². The van der Waals surface area contributed by atoms with Gasteiger partial charge < -0.3 is 10.6 Å². The number of anilines is 2. The third-order valence-electron chi connectivity index (χ3n) is 3.32. The quantitative estimate of drug-likeness (QED) is 0.594. The number of para-hydroxylation sites is 1. The molecule has 0 unspecified atom stereocenters. The number of benzene rings is 2. The number of urea groups is 1. The van der Waals surface area contributed by atoms with Gasteiger partial charge in [-0.25, -0.2) is 10.2 Å². The van der Waals surface area contributed by atoms with Crippen LogP contribution in [0.3, 0.4) is 0 Å². The highest BCUT2D eigenvalue weighted by molar-refractivity contribution is 6.01. The van der Waals surface area contributed by atoms with Crippen LogP contribution in [0.1, 0.15) is 25.0 Å². The molecule has 6 nitrogen and oxygen atoms in total. The number of amides is 3. The zero-order chi connectivity index (χ0) is 17.5. The lowest BCUT2D eigenvalue weighted by Gasteiger charge is -2.08. The van der Waals surface area contributed by atoms with E-state index < -0.39 is 6.03 Å². The van der Waals surface area contributed by atoms with E-state index in [0.29, 0.717) is 11.4 Å². The van der Waals surface area contributed by atoms with Crippen molar-refractivity contribution in [2.24, 2.45) is 5.10 Å². The van der Waals surface area contributed by atoms with Crippen molar-refractivity contribution < 1.29 is 9.59 Å². The molecule has 0 aliphatic heterocycles. The Labute approximate surface area is 141 Å². The summed E-state index contributed by atoms with van der Waals surface area (Å²) in [6, 6.07) is 14.3. The van der Waals surface area contributed by atoms with E-state index in [1.807, 2.05) is 43.3 Å². The first-order valence-corrected chi connectivity index (χ1v) is 7.50. The summed E-state index contributed by atoms with van der Waals surface area (Å²) in [5.41, 5.74) is 6.28. The van der Waals surface area contributed by atoms with Crippen molar-refractivity contribution in [2.45, 2.75) is 20.8 Å². The van der Waals surface area contributed by atoms with Gasteiger partial charge in [-0.15, -0.1) is 0 Å². The highest BCUT2D eigenvalue weighted by atomic mass is 16.2. The minimum Gasteiger partial charge on any atom is -0.326 e. The second kappa shape index (κ2) is 7.92. The Bertz CT molecular complexity index is 784. The number of hydrogen-bond donors (Lipinski definition) is 3. The van der Waals surface area contributed by atoms with Gasteiger partial charge in [-0.05, 0) is 43.2 Å². The molecule has 0 aromatic heterocycles. The van der Waals surface area contributed by atoms with E-state index in [4.69, 9.17) is 0 Å². The third kappa shape index (κ3) is 4.95. The molecule has 3 N–H and O–H groups in total. The van der Waals surface area contributed by atoms with Gasteiger partial charge in [-0.1, -0.05) is 30.3 Å². The standard InChI is InChI=1S/C18H20N4O2/c1-12-7-4-5-10-17(12)20-18(24)22-21-13(2)15-8-6-9-16(11-15)19-14(3)23/h4-11H,1-3H3,(H,19,23)(H2,20,22,24)/b21-13+. The van der Waals surface area contributed by atoms with Crippen LogP contribution in [0.4, 0.5) is 16.2 Å². The molecule has 0 radical (unpaired) electrons. The number of carbonyl (C=O) groups excluding carboxylic acids is 2. The van der Waals surface area contributed by atoms with Crippen molar-refractivity contribution >= 4 is 29.0 Å². The second-order valence-electron chi connectivity index (χ2n) is 5.34. The molecule has 0 bridgehead atoms. The Morgan fingerprint density at radius 2 is 1.71 bits per heavy atom. The van der Waals surface area contributed by atoms with Gasteiger partial charge in [0.05, 0.1) is 5.71 Å². The summed E-state index contributed by atoms with van der Waals surface area (Å²) in [5, 5.41) is 9.53. The molecule has 0 heterocycles. The summed E-state index contributed by atoms with van der Waals surface area (Å²) in [6.07, 6.45) is 0. The predicted molar refractivity (Wildman–Crippen MR) is 96.3 cm³/mol. The normalized spacial score (nSPS) is 10.9. The predicted octanol–water partition coefficient (Wildman–Crippen LogP) is 3.50. The Hall–Kier alpha value is -3.15. The van der Waals surface area contributed by atoms with Crippen LogP contribution >= 0.6 is 0 Å². The van der Waals surface area contributed by atoms with Crippen LogP contribution in [-0.2, 0) is 4.79 Å². The van der Waals surface area contributed by atoms with Crippen molar-refractivity contribution in [2.75, 3.05) is 10.6 Å². The number of aryl methyl sites for hydroxylation is 1. The minimum atomic E-state index is -0.415. The summed E-state index contributed by atoms with van der Waals surface area (Å²) in [4.78, 5) is 23.0. The monoisotopic (exact) mass is 324 g/mol. The fourth-order valence-electron chi connectivity index (χ4n) is 2.09. The lowest BCUT2D eigenvalue weighted by atomic mass is 10.1. The zero-order valence-electron chi connectivity index (χ0n) is 13.9. The average molecular weight is 324 g/mol. The van der Waals surface area contributed by atoms with Crippen LogP contribution in [0, 0.1) is 6.92 Å². The van der Waals surface area contributed by atoms with Crippen LogP contribution in [0.25, 0.3) is 0 Å². The van der Waals surface area contributed by atoms with E-state index in [0.717, 1.165) is 16.8 Å². The molecule has 0 aliphatic rings. The largest absolute Gasteiger partial charge is 0.339 e. The maximum atomic E-state index is 11.9. The van der Waals surface area contributed by atoms with E-state index in [1.54, 1.807) is 19.1 Å². The Morgan fingerprint density at radius 1 is 0.958 bits per heavy atom. The number of nitrogens with one attached hydrogen (secondary N) is 3. The lowest BCUT2D eigenvalue weighted by Crippen LogP contribution is -2.25. The first-order chi connectivity index (χ1) is 11.5. The van der Waals surface area contributed by atoms with Gasteiger partial charge in [0.15, 0.2) is 0 Å². The van der Waals surface area contributed by atoms with Crippen molar-refractivity contribution in [1.29, 1.82) is 0 Å². The summed E-state index contributed by atoms with van der Waals surface area (Å²) in [5.74, 6) is -0.141. The topological polar surface area (TPSA) is 82.6 Å². The Morgan fingerprint density at radius 3 is 2.42 bits per heavy atom. The van der Waals surface area contributed by atoms with E-state index in [9.17, 15) is 9.59 Å². The fourth-order valence-corrected chi connectivity index (χ4v) is 2.09. The molecule has 0 aliphatic carbocycles. The number of rotatable bonds is 4.